The van der Waals surface area contributed by atoms with Crippen LogP contribution in [0.5, 0.6) is 0 Å². The molecular weight excluding hydrogens is 370 g/mol. The van der Waals surface area contributed by atoms with Crippen molar-refractivity contribution >= 4 is 23.4 Å². The highest BCUT2D eigenvalue weighted by Crippen LogP contribution is 2.28. The van der Waals surface area contributed by atoms with Gasteiger partial charge in [-0.15, -0.1) is 16.8 Å². The molecule has 144 valence electrons. The van der Waals surface area contributed by atoms with Gasteiger partial charge >= 0.3 is 0 Å². The number of carbonyl (C=O) groups excluding carboxylic acids is 1. The second-order valence-corrected chi connectivity index (χ2v) is 7.77. The largest absolute Gasteiger partial charge is 0.325 e. The Morgan fingerprint density at radius 2 is 1.89 bits per heavy atom. The number of para-hydroxylation sites is 1. The molecule has 0 unspecified atom stereocenters. The van der Waals surface area contributed by atoms with Crippen molar-refractivity contribution in [3.63, 3.8) is 0 Å². The van der Waals surface area contributed by atoms with Gasteiger partial charge in [-0.25, -0.2) is 0 Å². The highest BCUT2D eigenvalue weighted by atomic mass is 32.2. The number of thioether (sulfide) groups is 1. The molecule has 0 saturated carbocycles. The fourth-order valence-corrected chi connectivity index (χ4v) is 3.69. The molecule has 0 aliphatic carbocycles. The van der Waals surface area contributed by atoms with Crippen LogP contribution in [0, 0.1) is 13.8 Å². The maximum atomic E-state index is 12.7. The van der Waals surface area contributed by atoms with Crippen LogP contribution < -0.4 is 5.32 Å². The summed E-state index contributed by atoms with van der Waals surface area (Å²) >= 11 is 1.38. The summed E-state index contributed by atoms with van der Waals surface area (Å²) in [6.45, 7) is 10.2. The van der Waals surface area contributed by atoms with E-state index >= 15 is 0 Å². The number of carbonyl (C=O) groups is 1. The zero-order chi connectivity index (χ0) is 20.1. The van der Waals surface area contributed by atoms with E-state index in [0.29, 0.717) is 11.7 Å². The molecule has 7 heteroatoms. The van der Waals surface area contributed by atoms with E-state index in [0.717, 1.165) is 28.2 Å². The highest BCUT2D eigenvalue weighted by molar-refractivity contribution is 8.00. The maximum absolute atomic E-state index is 12.7. The van der Waals surface area contributed by atoms with Crippen molar-refractivity contribution in [3.05, 3.63) is 66.5 Å². The van der Waals surface area contributed by atoms with Crippen molar-refractivity contribution in [2.45, 2.75) is 37.7 Å². The molecule has 1 aromatic carbocycles. The minimum atomic E-state index is -0.336. The Morgan fingerprint density at radius 3 is 2.54 bits per heavy atom. The number of pyridine rings is 1. The van der Waals surface area contributed by atoms with Crippen molar-refractivity contribution < 1.29 is 4.79 Å². The lowest BCUT2D eigenvalue weighted by atomic mass is 10.1. The molecule has 0 aliphatic heterocycles. The van der Waals surface area contributed by atoms with Gasteiger partial charge < -0.3 is 5.32 Å². The van der Waals surface area contributed by atoms with Crippen LogP contribution in [0.1, 0.15) is 18.1 Å². The molecule has 3 rings (SSSR count). The van der Waals surface area contributed by atoms with Crippen LogP contribution in [-0.2, 0) is 11.3 Å². The van der Waals surface area contributed by atoms with Gasteiger partial charge in [0, 0.05) is 30.2 Å². The summed E-state index contributed by atoms with van der Waals surface area (Å²) in [4.78, 5) is 16.8. The number of hydrogen-bond donors (Lipinski definition) is 1. The fraction of sp³-hybridized carbons (Fsp3) is 0.238. The monoisotopic (exact) mass is 393 g/mol. The van der Waals surface area contributed by atoms with E-state index in [1.165, 1.54) is 11.8 Å². The molecule has 0 radical (unpaired) electrons. The van der Waals surface area contributed by atoms with Crippen LogP contribution in [0.25, 0.3) is 11.4 Å². The van der Waals surface area contributed by atoms with Crippen LogP contribution in [0.3, 0.4) is 0 Å². The SMILES string of the molecule is C=CCn1c(S[C@H](C)C(=O)Nc2c(C)cccc2C)nnc1-c1ccncc1. The number of anilines is 1. The summed E-state index contributed by atoms with van der Waals surface area (Å²) in [6, 6.07) is 9.73. The van der Waals surface area contributed by atoms with Gasteiger partial charge in [-0.05, 0) is 44.0 Å². The number of nitrogens with one attached hydrogen (secondary N) is 1. The normalized spacial score (nSPS) is 11.8. The third kappa shape index (κ3) is 4.31. The second kappa shape index (κ2) is 8.84. The first-order valence-electron chi connectivity index (χ1n) is 8.99. The predicted molar refractivity (Wildman–Crippen MR) is 113 cm³/mol. The second-order valence-electron chi connectivity index (χ2n) is 6.46. The standard InChI is InChI=1S/C21H23N5OS/c1-5-13-26-19(17-9-11-22-12-10-17)24-25-21(26)28-16(4)20(27)23-18-14(2)7-6-8-15(18)3/h5-12,16H,1,13H2,2-4H3,(H,23,27)/t16-/m1/s1. The number of rotatable bonds is 7. The highest BCUT2D eigenvalue weighted by Gasteiger charge is 2.21. The van der Waals surface area contributed by atoms with E-state index in [9.17, 15) is 4.79 Å². The van der Waals surface area contributed by atoms with Crippen molar-refractivity contribution in [2.75, 3.05) is 5.32 Å². The predicted octanol–water partition coefficient (Wildman–Crippen LogP) is 4.26. The maximum Gasteiger partial charge on any atom is 0.237 e. The van der Waals surface area contributed by atoms with Gasteiger partial charge in [0.15, 0.2) is 11.0 Å². The number of amides is 1. The first-order valence-corrected chi connectivity index (χ1v) is 9.87. The quantitative estimate of drug-likeness (QED) is 0.480. The summed E-state index contributed by atoms with van der Waals surface area (Å²) in [5.74, 6) is 0.660. The molecule has 0 spiro atoms. The Morgan fingerprint density at radius 1 is 1.21 bits per heavy atom. The van der Waals surface area contributed by atoms with E-state index in [-0.39, 0.29) is 11.2 Å². The Bertz CT molecular complexity index is 963. The van der Waals surface area contributed by atoms with Gasteiger partial charge in [-0.2, -0.15) is 0 Å². The Labute approximate surface area is 169 Å². The number of aromatic nitrogens is 4. The lowest BCUT2D eigenvalue weighted by Gasteiger charge is -2.15. The van der Waals surface area contributed by atoms with Gasteiger partial charge in [0.1, 0.15) is 0 Å². The zero-order valence-electron chi connectivity index (χ0n) is 16.2. The van der Waals surface area contributed by atoms with Crippen molar-refractivity contribution in [2.24, 2.45) is 0 Å². The summed E-state index contributed by atoms with van der Waals surface area (Å²) < 4.78 is 1.95. The lowest BCUT2D eigenvalue weighted by Crippen LogP contribution is -2.24. The summed E-state index contributed by atoms with van der Waals surface area (Å²) in [6.07, 6.45) is 5.23. The van der Waals surface area contributed by atoms with E-state index in [2.05, 4.69) is 27.1 Å². The molecule has 2 heterocycles. The minimum Gasteiger partial charge on any atom is -0.325 e. The molecule has 3 aromatic rings. The van der Waals surface area contributed by atoms with Crippen LogP contribution in [-0.4, -0.2) is 30.9 Å². The van der Waals surface area contributed by atoms with Gasteiger partial charge in [-0.1, -0.05) is 36.0 Å². The fourth-order valence-electron chi connectivity index (χ4n) is 2.83. The van der Waals surface area contributed by atoms with Crippen molar-refractivity contribution in [1.82, 2.24) is 19.7 Å². The van der Waals surface area contributed by atoms with Crippen LogP contribution >= 0.6 is 11.8 Å². The van der Waals surface area contributed by atoms with Crippen LogP contribution in [0.2, 0.25) is 0 Å². The molecule has 2 aromatic heterocycles. The van der Waals surface area contributed by atoms with Crippen LogP contribution in [0.4, 0.5) is 5.69 Å². The van der Waals surface area contributed by atoms with E-state index in [1.54, 1.807) is 18.5 Å². The smallest absolute Gasteiger partial charge is 0.237 e. The van der Waals surface area contributed by atoms with Crippen molar-refractivity contribution in [1.29, 1.82) is 0 Å². The molecule has 28 heavy (non-hydrogen) atoms. The summed E-state index contributed by atoms with van der Waals surface area (Å²) in [5.41, 5.74) is 3.87. The van der Waals surface area contributed by atoms with Gasteiger partial charge in [0.25, 0.3) is 0 Å². The summed E-state index contributed by atoms with van der Waals surface area (Å²) in [5, 5.41) is 12.0. The number of benzene rings is 1. The third-order valence-electron chi connectivity index (χ3n) is 4.35. The number of hydrogen-bond acceptors (Lipinski definition) is 5. The molecule has 0 bridgehead atoms. The molecule has 0 fully saturated rings. The first kappa shape index (κ1) is 19.8. The Kier molecular flexibility index (Phi) is 6.26. The molecule has 1 N–H and O–H groups in total. The van der Waals surface area contributed by atoms with Gasteiger partial charge in [-0.3, -0.25) is 14.3 Å². The molecule has 1 atom stereocenters. The minimum absolute atomic E-state index is 0.0685. The number of nitrogens with zero attached hydrogens (tertiary/aromatic N) is 4. The van der Waals surface area contributed by atoms with Crippen molar-refractivity contribution in [3.8, 4) is 11.4 Å². The van der Waals surface area contributed by atoms with E-state index < -0.39 is 0 Å². The Balaban J connectivity index is 1.80. The van der Waals surface area contributed by atoms with Crippen LogP contribution in [0.15, 0.2) is 60.5 Å². The van der Waals surface area contributed by atoms with E-state index in [1.807, 2.05) is 55.7 Å². The molecule has 0 aliphatic rings. The first-order chi connectivity index (χ1) is 13.5. The number of allylic oxidation sites excluding steroid dienone is 1. The van der Waals surface area contributed by atoms with Gasteiger partial charge in [0.2, 0.25) is 5.91 Å². The lowest BCUT2D eigenvalue weighted by molar-refractivity contribution is -0.115. The van der Waals surface area contributed by atoms with Gasteiger partial charge in [0.05, 0.1) is 5.25 Å². The average molecular weight is 394 g/mol. The van der Waals surface area contributed by atoms with E-state index in [4.69, 9.17) is 0 Å². The molecule has 6 nitrogen and oxygen atoms in total. The number of aryl methyl sites for hydroxylation is 2. The summed E-state index contributed by atoms with van der Waals surface area (Å²) in [7, 11) is 0. The molecular formula is C21H23N5OS. The average Bonchev–Trinajstić information content (AvgIpc) is 3.08. The Hall–Kier alpha value is -2.93. The topological polar surface area (TPSA) is 72.7 Å². The third-order valence-corrected chi connectivity index (χ3v) is 5.43. The molecule has 1 amide bonds. The zero-order valence-corrected chi connectivity index (χ0v) is 17.0. The molecule has 0 saturated heterocycles.